The number of benzene rings is 1. The van der Waals surface area contributed by atoms with Crippen molar-refractivity contribution in [2.24, 2.45) is 0 Å². The Bertz CT molecular complexity index is 667. The molecular formula is C15H17FN4OS. The molecule has 0 aliphatic heterocycles. The number of aromatic nitrogens is 3. The minimum absolute atomic E-state index is 0.0217. The molecule has 116 valence electrons. The van der Waals surface area contributed by atoms with Gasteiger partial charge in [0.05, 0.1) is 0 Å². The second-order valence-electron chi connectivity index (χ2n) is 5.37. The molecule has 2 aromatic rings. The SMILES string of the molecule is Nn1c(SCCCC(=O)c2ccc(F)cc2)nnc1C1CC1. The van der Waals surface area contributed by atoms with Crippen molar-refractivity contribution >= 4 is 17.5 Å². The van der Waals surface area contributed by atoms with Gasteiger partial charge in [-0.3, -0.25) is 4.79 Å². The van der Waals surface area contributed by atoms with Crippen LogP contribution < -0.4 is 5.84 Å². The van der Waals surface area contributed by atoms with E-state index >= 15 is 0 Å². The molecule has 1 aliphatic carbocycles. The molecule has 0 bridgehead atoms. The van der Waals surface area contributed by atoms with E-state index in [1.807, 2.05) is 0 Å². The number of nitrogens with two attached hydrogens (primary N) is 1. The predicted octanol–water partition coefficient (Wildman–Crippen LogP) is 2.76. The molecule has 1 aromatic carbocycles. The van der Waals surface area contributed by atoms with Gasteiger partial charge in [-0.2, -0.15) is 0 Å². The van der Waals surface area contributed by atoms with Crippen LogP contribution in [0.3, 0.4) is 0 Å². The zero-order valence-corrected chi connectivity index (χ0v) is 12.9. The number of rotatable bonds is 7. The second-order valence-corrected chi connectivity index (χ2v) is 6.43. The van der Waals surface area contributed by atoms with Crippen LogP contribution in [0, 0.1) is 5.82 Å². The topological polar surface area (TPSA) is 73.8 Å². The van der Waals surface area contributed by atoms with Crippen LogP contribution in [0.1, 0.15) is 47.8 Å². The largest absolute Gasteiger partial charge is 0.336 e. The molecular weight excluding hydrogens is 303 g/mol. The molecule has 0 unspecified atom stereocenters. The van der Waals surface area contributed by atoms with Gasteiger partial charge in [0, 0.05) is 23.7 Å². The van der Waals surface area contributed by atoms with Crippen molar-refractivity contribution in [3.05, 3.63) is 41.5 Å². The van der Waals surface area contributed by atoms with Gasteiger partial charge in [-0.05, 0) is 43.5 Å². The summed E-state index contributed by atoms with van der Waals surface area (Å²) in [6.07, 6.45) is 3.40. The van der Waals surface area contributed by atoms with Crippen LogP contribution in [0.25, 0.3) is 0 Å². The van der Waals surface area contributed by atoms with Crippen LogP contribution in [-0.2, 0) is 0 Å². The average Bonchev–Trinajstić information content (AvgIpc) is 3.29. The Morgan fingerprint density at radius 1 is 1.32 bits per heavy atom. The first kappa shape index (κ1) is 15.0. The lowest BCUT2D eigenvalue weighted by atomic mass is 10.1. The lowest BCUT2D eigenvalue weighted by molar-refractivity contribution is 0.0982. The van der Waals surface area contributed by atoms with Crippen LogP contribution in [0.15, 0.2) is 29.4 Å². The first-order valence-electron chi connectivity index (χ1n) is 7.27. The van der Waals surface area contributed by atoms with Gasteiger partial charge in [0.15, 0.2) is 11.6 Å². The maximum Gasteiger partial charge on any atom is 0.209 e. The third kappa shape index (κ3) is 3.47. The highest BCUT2D eigenvalue weighted by atomic mass is 32.2. The van der Waals surface area contributed by atoms with E-state index in [2.05, 4.69) is 10.2 Å². The van der Waals surface area contributed by atoms with Crippen molar-refractivity contribution < 1.29 is 9.18 Å². The van der Waals surface area contributed by atoms with E-state index in [0.29, 0.717) is 29.5 Å². The third-order valence-corrected chi connectivity index (χ3v) is 4.61. The van der Waals surface area contributed by atoms with Gasteiger partial charge in [0.1, 0.15) is 5.82 Å². The number of nitrogen functional groups attached to an aromatic ring is 1. The van der Waals surface area contributed by atoms with Crippen molar-refractivity contribution in [3.63, 3.8) is 0 Å². The Balaban J connectivity index is 1.45. The number of hydrogen-bond acceptors (Lipinski definition) is 5. The number of nitrogens with zero attached hydrogens (tertiary/aromatic N) is 3. The minimum atomic E-state index is -0.333. The lowest BCUT2D eigenvalue weighted by Gasteiger charge is -2.03. The number of Topliss-reactive ketones (excluding diaryl/α,β-unsaturated/α-hetero) is 1. The molecule has 0 saturated heterocycles. The van der Waals surface area contributed by atoms with Crippen molar-refractivity contribution in [2.75, 3.05) is 11.6 Å². The van der Waals surface area contributed by atoms with Crippen LogP contribution >= 0.6 is 11.8 Å². The number of carbonyl (C=O) groups excluding carboxylic acids is 1. The zero-order chi connectivity index (χ0) is 15.5. The summed E-state index contributed by atoms with van der Waals surface area (Å²) in [5, 5.41) is 8.89. The lowest BCUT2D eigenvalue weighted by Crippen LogP contribution is -2.13. The quantitative estimate of drug-likeness (QED) is 0.367. The molecule has 1 aromatic heterocycles. The molecule has 1 heterocycles. The molecule has 0 amide bonds. The fourth-order valence-corrected chi connectivity index (χ4v) is 2.99. The monoisotopic (exact) mass is 320 g/mol. The smallest absolute Gasteiger partial charge is 0.209 e. The molecule has 1 aliphatic rings. The summed E-state index contributed by atoms with van der Waals surface area (Å²) in [6.45, 7) is 0. The number of halogens is 1. The van der Waals surface area contributed by atoms with Gasteiger partial charge < -0.3 is 5.84 Å². The molecule has 1 fully saturated rings. The first-order valence-corrected chi connectivity index (χ1v) is 8.25. The molecule has 0 spiro atoms. The number of ketones is 1. The van der Waals surface area contributed by atoms with Crippen LogP contribution in [-0.4, -0.2) is 26.4 Å². The second kappa shape index (κ2) is 6.48. The highest BCUT2D eigenvalue weighted by Gasteiger charge is 2.29. The summed E-state index contributed by atoms with van der Waals surface area (Å²) in [6, 6.07) is 5.64. The molecule has 2 N–H and O–H groups in total. The normalized spacial score (nSPS) is 14.2. The highest BCUT2D eigenvalue weighted by Crippen LogP contribution is 2.39. The van der Waals surface area contributed by atoms with E-state index in [1.165, 1.54) is 36.0 Å². The molecule has 1 saturated carbocycles. The maximum atomic E-state index is 12.8. The van der Waals surface area contributed by atoms with E-state index in [4.69, 9.17) is 5.84 Å². The number of carbonyl (C=O) groups is 1. The van der Waals surface area contributed by atoms with E-state index < -0.39 is 0 Å². The predicted molar refractivity (Wildman–Crippen MR) is 82.8 cm³/mol. The van der Waals surface area contributed by atoms with Gasteiger partial charge in [0.25, 0.3) is 0 Å². The Hall–Kier alpha value is -1.89. The van der Waals surface area contributed by atoms with Gasteiger partial charge in [-0.25, -0.2) is 9.07 Å². The summed E-state index contributed by atoms with van der Waals surface area (Å²) in [5.74, 6) is 7.71. The minimum Gasteiger partial charge on any atom is -0.336 e. The summed E-state index contributed by atoms with van der Waals surface area (Å²) >= 11 is 1.50. The Morgan fingerprint density at radius 2 is 2.05 bits per heavy atom. The maximum absolute atomic E-state index is 12.8. The Morgan fingerprint density at radius 3 is 2.73 bits per heavy atom. The van der Waals surface area contributed by atoms with E-state index in [-0.39, 0.29) is 11.6 Å². The molecule has 0 radical (unpaired) electrons. The molecule has 5 nitrogen and oxygen atoms in total. The number of thioether (sulfide) groups is 1. The fraction of sp³-hybridized carbons (Fsp3) is 0.400. The summed E-state index contributed by atoms with van der Waals surface area (Å²) < 4.78 is 14.4. The third-order valence-electron chi connectivity index (χ3n) is 3.58. The molecule has 22 heavy (non-hydrogen) atoms. The van der Waals surface area contributed by atoms with Crippen LogP contribution in [0.2, 0.25) is 0 Å². The van der Waals surface area contributed by atoms with E-state index in [9.17, 15) is 9.18 Å². The molecule has 7 heteroatoms. The van der Waals surface area contributed by atoms with E-state index in [0.717, 1.165) is 24.4 Å². The van der Waals surface area contributed by atoms with Gasteiger partial charge in [0.2, 0.25) is 5.16 Å². The fourth-order valence-electron chi connectivity index (χ4n) is 2.18. The van der Waals surface area contributed by atoms with Gasteiger partial charge in [-0.1, -0.05) is 11.8 Å². The Labute approximate surface area is 132 Å². The van der Waals surface area contributed by atoms with Crippen molar-refractivity contribution in [3.8, 4) is 0 Å². The molecule has 3 rings (SSSR count). The first-order chi connectivity index (χ1) is 10.6. The summed E-state index contributed by atoms with van der Waals surface area (Å²) in [5.41, 5.74) is 0.546. The van der Waals surface area contributed by atoms with Crippen LogP contribution in [0.5, 0.6) is 0 Å². The standard InChI is InChI=1S/C15H17FN4OS/c16-12-7-5-10(6-8-12)13(21)2-1-9-22-15-19-18-14(20(15)17)11-3-4-11/h5-8,11H,1-4,9,17H2. The average molecular weight is 320 g/mol. The van der Waals surface area contributed by atoms with Crippen molar-refractivity contribution in [1.82, 2.24) is 14.9 Å². The summed E-state index contributed by atoms with van der Waals surface area (Å²) in [7, 11) is 0. The highest BCUT2D eigenvalue weighted by molar-refractivity contribution is 7.99. The van der Waals surface area contributed by atoms with Crippen molar-refractivity contribution in [2.45, 2.75) is 36.8 Å². The Kier molecular flexibility index (Phi) is 4.42. The summed E-state index contributed by atoms with van der Waals surface area (Å²) in [4.78, 5) is 11.9. The van der Waals surface area contributed by atoms with E-state index in [1.54, 1.807) is 4.68 Å². The van der Waals surface area contributed by atoms with Crippen molar-refractivity contribution in [1.29, 1.82) is 0 Å². The molecule has 0 atom stereocenters. The van der Waals surface area contributed by atoms with Gasteiger partial charge >= 0.3 is 0 Å². The van der Waals surface area contributed by atoms with Crippen LogP contribution in [0.4, 0.5) is 4.39 Å². The number of hydrogen-bond donors (Lipinski definition) is 1. The zero-order valence-electron chi connectivity index (χ0n) is 12.0. The van der Waals surface area contributed by atoms with Gasteiger partial charge in [-0.15, -0.1) is 10.2 Å².